The number of benzene rings is 2. The Morgan fingerprint density at radius 2 is 2.00 bits per heavy atom. The number of H-pyrrole nitrogens is 1. The number of para-hydroxylation sites is 1. The minimum absolute atomic E-state index is 0.295. The smallest absolute Gasteiger partial charge is 0.125 e. The highest BCUT2D eigenvalue weighted by Crippen LogP contribution is 2.18. The molecule has 1 aromatic heterocycles. The van der Waals surface area contributed by atoms with Gasteiger partial charge in [0.1, 0.15) is 5.82 Å². The maximum atomic E-state index is 13.2. The second-order valence-corrected chi connectivity index (χ2v) is 5.50. The van der Waals surface area contributed by atoms with Gasteiger partial charge in [0, 0.05) is 28.7 Å². The van der Waals surface area contributed by atoms with Crippen molar-refractivity contribution in [1.29, 1.82) is 0 Å². The fraction of sp³-hybridized carbons (Fsp3) is 0.176. The van der Waals surface area contributed by atoms with Crippen molar-refractivity contribution in [3.8, 4) is 0 Å². The number of nitrogens with one attached hydrogen (secondary N) is 2. The largest absolute Gasteiger partial charge is 0.361 e. The first kappa shape index (κ1) is 14.1. The molecule has 0 amide bonds. The van der Waals surface area contributed by atoms with Gasteiger partial charge in [0.05, 0.1) is 0 Å². The van der Waals surface area contributed by atoms with Crippen molar-refractivity contribution >= 4 is 22.5 Å². The van der Waals surface area contributed by atoms with Crippen molar-refractivity contribution in [3.05, 3.63) is 70.6 Å². The molecular weight excluding hydrogens is 287 g/mol. The molecule has 3 rings (SSSR count). The number of rotatable bonds is 5. The van der Waals surface area contributed by atoms with Crippen molar-refractivity contribution in [3.63, 3.8) is 0 Å². The zero-order valence-electron chi connectivity index (χ0n) is 11.5. The number of halogens is 2. The molecular formula is C17H16ClFN2. The molecule has 0 radical (unpaired) electrons. The maximum absolute atomic E-state index is 13.2. The van der Waals surface area contributed by atoms with Crippen LogP contribution in [0.2, 0.25) is 5.02 Å². The summed E-state index contributed by atoms with van der Waals surface area (Å²) < 4.78 is 13.2. The number of hydrogen-bond donors (Lipinski definition) is 2. The summed E-state index contributed by atoms with van der Waals surface area (Å²) in [5, 5.41) is 5.01. The Bertz CT molecular complexity index is 731. The lowest BCUT2D eigenvalue weighted by Crippen LogP contribution is -2.16. The number of hydrogen-bond acceptors (Lipinski definition) is 1. The molecule has 0 aliphatic rings. The Balaban J connectivity index is 1.56. The van der Waals surface area contributed by atoms with Crippen LogP contribution in [-0.2, 0) is 13.0 Å². The predicted molar refractivity (Wildman–Crippen MR) is 85.1 cm³/mol. The van der Waals surface area contributed by atoms with Crippen LogP contribution in [0.4, 0.5) is 4.39 Å². The van der Waals surface area contributed by atoms with Crippen molar-refractivity contribution < 1.29 is 4.39 Å². The van der Waals surface area contributed by atoms with Gasteiger partial charge in [-0.15, -0.1) is 0 Å². The molecule has 0 aliphatic carbocycles. The fourth-order valence-corrected chi connectivity index (χ4v) is 2.75. The fourth-order valence-electron chi connectivity index (χ4n) is 2.51. The van der Waals surface area contributed by atoms with Gasteiger partial charge < -0.3 is 10.3 Å². The van der Waals surface area contributed by atoms with E-state index in [-0.39, 0.29) is 5.82 Å². The first-order valence-corrected chi connectivity index (χ1v) is 7.31. The van der Waals surface area contributed by atoms with Crippen molar-refractivity contribution in [2.45, 2.75) is 13.0 Å². The highest BCUT2D eigenvalue weighted by atomic mass is 35.5. The molecule has 0 bridgehead atoms. The molecule has 1 heterocycles. The minimum atomic E-state index is -0.295. The molecule has 2 N–H and O–H groups in total. The van der Waals surface area contributed by atoms with Gasteiger partial charge in [-0.25, -0.2) is 4.39 Å². The summed E-state index contributed by atoms with van der Waals surface area (Å²) in [4.78, 5) is 3.27. The second kappa shape index (κ2) is 6.29. The van der Waals surface area contributed by atoms with E-state index in [0.717, 1.165) is 24.0 Å². The Morgan fingerprint density at radius 3 is 2.86 bits per heavy atom. The third-order valence-electron chi connectivity index (χ3n) is 3.50. The van der Waals surface area contributed by atoms with Gasteiger partial charge in [0.15, 0.2) is 0 Å². The summed E-state index contributed by atoms with van der Waals surface area (Å²) in [6, 6.07) is 12.9. The van der Waals surface area contributed by atoms with E-state index in [1.165, 1.54) is 23.1 Å². The van der Waals surface area contributed by atoms with Crippen molar-refractivity contribution in [2.24, 2.45) is 0 Å². The average molecular weight is 303 g/mol. The van der Waals surface area contributed by atoms with Gasteiger partial charge in [0.2, 0.25) is 0 Å². The number of aromatic amines is 1. The van der Waals surface area contributed by atoms with E-state index in [1.54, 1.807) is 6.07 Å². The molecule has 3 aromatic rings. The van der Waals surface area contributed by atoms with E-state index in [9.17, 15) is 4.39 Å². The normalized spacial score (nSPS) is 11.1. The number of fused-ring (bicyclic) bond motifs is 1. The third kappa shape index (κ3) is 3.43. The van der Waals surface area contributed by atoms with E-state index < -0.39 is 0 Å². The molecule has 0 aliphatic heterocycles. The molecule has 2 nitrogen and oxygen atoms in total. The van der Waals surface area contributed by atoms with E-state index in [1.807, 2.05) is 18.3 Å². The molecule has 0 saturated heterocycles. The summed E-state index contributed by atoms with van der Waals surface area (Å²) >= 11 is 5.84. The maximum Gasteiger partial charge on any atom is 0.125 e. The van der Waals surface area contributed by atoms with Crippen LogP contribution in [0.5, 0.6) is 0 Å². The van der Waals surface area contributed by atoms with E-state index in [4.69, 9.17) is 11.6 Å². The van der Waals surface area contributed by atoms with Gasteiger partial charge >= 0.3 is 0 Å². The Kier molecular flexibility index (Phi) is 4.23. The van der Waals surface area contributed by atoms with E-state index in [0.29, 0.717) is 11.6 Å². The molecule has 108 valence electrons. The standard InChI is InChI=1S/C17H16ClFN2/c18-14-7-12(8-15(19)9-14)10-20-6-5-13-11-21-17-4-2-1-3-16(13)17/h1-4,7-9,11,20-21H,5-6,10H2. The summed E-state index contributed by atoms with van der Waals surface area (Å²) in [5.41, 5.74) is 3.30. The summed E-state index contributed by atoms with van der Waals surface area (Å²) in [6.07, 6.45) is 2.97. The summed E-state index contributed by atoms with van der Waals surface area (Å²) in [6.45, 7) is 1.44. The summed E-state index contributed by atoms with van der Waals surface area (Å²) in [5.74, 6) is -0.295. The highest BCUT2D eigenvalue weighted by molar-refractivity contribution is 6.30. The van der Waals surface area contributed by atoms with Gasteiger partial charge in [-0.1, -0.05) is 29.8 Å². The Morgan fingerprint density at radius 1 is 1.14 bits per heavy atom. The summed E-state index contributed by atoms with van der Waals surface area (Å²) in [7, 11) is 0. The van der Waals surface area contributed by atoms with Crippen LogP contribution in [0.1, 0.15) is 11.1 Å². The van der Waals surface area contributed by atoms with Crippen molar-refractivity contribution in [1.82, 2.24) is 10.3 Å². The lowest BCUT2D eigenvalue weighted by atomic mass is 10.1. The van der Waals surface area contributed by atoms with Gasteiger partial charge in [-0.05, 0) is 48.4 Å². The zero-order valence-corrected chi connectivity index (χ0v) is 12.3. The van der Waals surface area contributed by atoms with Crippen LogP contribution in [0, 0.1) is 5.82 Å². The molecule has 0 atom stereocenters. The molecule has 0 saturated carbocycles. The molecule has 0 spiro atoms. The average Bonchev–Trinajstić information content (AvgIpc) is 2.86. The van der Waals surface area contributed by atoms with Crippen LogP contribution in [-0.4, -0.2) is 11.5 Å². The molecule has 4 heteroatoms. The monoisotopic (exact) mass is 302 g/mol. The van der Waals surface area contributed by atoms with E-state index in [2.05, 4.69) is 22.4 Å². The molecule has 21 heavy (non-hydrogen) atoms. The minimum Gasteiger partial charge on any atom is -0.361 e. The third-order valence-corrected chi connectivity index (χ3v) is 3.72. The van der Waals surface area contributed by atoms with Crippen LogP contribution in [0.3, 0.4) is 0 Å². The predicted octanol–water partition coefficient (Wildman–Crippen LogP) is 4.29. The highest BCUT2D eigenvalue weighted by Gasteiger charge is 2.03. The lowest BCUT2D eigenvalue weighted by molar-refractivity contribution is 0.620. The number of aromatic nitrogens is 1. The lowest BCUT2D eigenvalue weighted by Gasteiger charge is -2.05. The second-order valence-electron chi connectivity index (χ2n) is 5.06. The quantitative estimate of drug-likeness (QED) is 0.676. The molecule has 0 unspecified atom stereocenters. The van der Waals surface area contributed by atoms with Crippen LogP contribution in [0.15, 0.2) is 48.7 Å². The van der Waals surface area contributed by atoms with Crippen LogP contribution in [0.25, 0.3) is 10.9 Å². The van der Waals surface area contributed by atoms with Crippen LogP contribution >= 0.6 is 11.6 Å². The van der Waals surface area contributed by atoms with Gasteiger partial charge in [0.25, 0.3) is 0 Å². The Hall–Kier alpha value is -1.84. The zero-order chi connectivity index (χ0) is 14.7. The Labute approximate surface area is 127 Å². The first-order chi connectivity index (χ1) is 10.2. The van der Waals surface area contributed by atoms with Gasteiger partial charge in [-0.3, -0.25) is 0 Å². The molecule has 2 aromatic carbocycles. The SMILES string of the molecule is Fc1cc(Cl)cc(CNCCc2c[nH]c3ccccc23)c1. The van der Waals surface area contributed by atoms with Crippen molar-refractivity contribution in [2.75, 3.05) is 6.54 Å². The van der Waals surface area contributed by atoms with Crippen LogP contribution < -0.4 is 5.32 Å². The topological polar surface area (TPSA) is 27.8 Å². The van der Waals surface area contributed by atoms with Gasteiger partial charge in [-0.2, -0.15) is 0 Å². The van der Waals surface area contributed by atoms with E-state index >= 15 is 0 Å². The molecule has 0 fully saturated rings. The first-order valence-electron chi connectivity index (χ1n) is 6.93.